The summed E-state index contributed by atoms with van der Waals surface area (Å²) in [6.07, 6.45) is 4.86. The van der Waals surface area contributed by atoms with Crippen LogP contribution in [-0.4, -0.2) is 39.0 Å². The Hall–Kier alpha value is -0.610. The molecule has 0 aliphatic heterocycles. The van der Waals surface area contributed by atoms with Gasteiger partial charge in [-0.3, -0.25) is 4.79 Å². The molecule has 0 radical (unpaired) electrons. The van der Waals surface area contributed by atoms with Crippen molar-refractivity contribution in [2.75, 3.05) is 33.0 Å². The van der Waals surface area contributed by atoms with E-state index in [1.807, 2.05) is 6.92 Å². The van der Waals surface area contributed by atoms with Gasteiger partial charge in [-0.1, -0.05) is 26.7 Å². The van der Waals surface area contributed by atoms with E-state index in [4.69, 9.17) is 14.2 Å². The largest absolute Gasteiger partial charge is 0.463 e. The third-order valence-corrected chi connectivity index (χ3v) is 2.21. The molecule has 0 saturated carbocycles. The van der Waals surface area contributed by atoms with Gasteiger partial charge in [-0.25, -0.2) is 0 Å². The Balaban J connectivity index is 3.01. The number of unbranched alkanes of at least 4 members (excludes halogenated alkanes) is 2. The molecule has 0 N–H and O–H groups in total. The average molecular weight is 246 g/mol. The highest BCUT2D eigenvalue weighted by atomic mass is 16.6. The van der Waals surface area contributed by atoms with Crippen molar-refractivity contribution in [3.05, 3.63) is 0 Å². The minimum atomic E-state index is -0.146. The lowest BCUT2D eigenvalue weighted by Crippen LogP contribution is -2.12. The van der Waals surface area contributed by atoms with Crippen molar-refractivity contribution in [2.24, 2.45) is 0 Å². The summed E-state index contributed by atoms with van der Waals surface area (Å²) in [6, 6.07) is 0. The van der Waals surface area contributed by atoms with Crippen LogP contribution in [0.4, 0.5) is 0 Å². The van der Waals surface area contributed by atoms with E-state index in [-0.39, 0.29) is 5.97 Å². The summed E-state index contributed by atoms with van der Waals surface area (Å²) in [6.45, 7) is 6.91. The molecule has 0 aliphatic rings. The molecule has 0 amide bonds. The fourth-order valence-electron chi connectivity index (χ4n) is 1.27. The van der Waals surface area contributed by atoms with Crippen LogP contribution in [0, 0.1) is 0 Å². The average Bonchev–Trinajstić information content (AvgIpc) is 2.32. The molecule has 102 valence electrons. The molecule has 0 aromatic rings. The van der Waals surface area contributed by atoms with E-state index in [1.165, 1.54) is 12.8 Å². The first-order valence-electron chi connectivity index (χ1n) is 6.62. The van der Waals surface area contributed by atoms with Crippen molar-refractivity contribution in [3.8, 4) is 0 Å². The number of hydrogen-bond donors (Lipinski definition) is 0. The lowest BCUT2D eigenvalue weighted by Gasteiger charge is -2.06. The molecule has 0 saturated heterocycles. The Bertz CT molecular complexity index is 171. The maximum absolute atomic E-state index is 11.0. The summed E-state index contributed by atoms with van der Waals surface area (Å²) in [5.41, 5.74) is 0. The summed E-state index contributed by atoms with van der Waals surface area (Å²) in [7, 11) is 0. The van der Waals surface area contributed by atoms with Gasteiger partial charge in [0.2, 0.25) is 0 Å². The van der Waals surface area contributed by atoms with Crippen LogP contribution >= 0.6 is 0 Å². The molecule has 0 bridgehead atoms. The molecule has 0 aliphatic carbocycles. The van der Waals surface area contributed by atoms with Crippen molar-refractivity contribution in [3.63, 3.8) is 0 Å². The summed E-state index contributed by atoms with van der Waals surface area (Å²) in [5.74, 6) is -0.146. The number of esters is 1. The van der Waals surface area contributed by atoms with Gasteiger partial charge in [0.25, 0.3) is 0 Å². The number of ether oxygens (including phenoxy) is 3. The Kier molecular flexibility index (Phi) is 13.0. The fourth-order valence-corrected chi connectivity index (χ4v) is 1.27. The number of carbonyl (C=O) groups is 1. The van der Waals surface area contributed by atoms with Crippen molar-refractivity contribution < 1.29 is 19.0 Å². The quantitative estimate of drug-likeness (QED) is 0.392. The van der Waals surface area contributed by atoms with E-state index in [1.54, 1.807) is 0 Å². The van der Waals surface area contributed by atoms with E-state index in [0.717, 1.165) is 19.4 Å². The smallest absolute Gasteiger partial charge is 0.305 e. The monoisotopic (exact) mass is 246 g/mol. The maximum Gasteiger partial charge on any atom is 0.305 e. The van der Waals surface area contributed by atoms with Gasteiger partial charge >= 0.3 is 5.97 Å². The van der Waals surface area contributed by atoms with E-state index in [2.05, 4.69) is 6.92 Å². The molecule has 4 nitrogen and oxygen atoms in total. The summed E-state index contributed by atoms with van der Waals surface area (Å²) < 4.78 is 15.6. The highest BCUT2D eigenvalue weighted by Gasteiger charge is 1.99. The Morgan fingerprint density at radius 2 is 1.47 bits per heavy atom. The Labute approximate surface area is 105 Å². The van der Waals surface area contributed by atoms with Gasteiger partial charge in [-0.05, 0) is 12.8 Å². The van der Waals surface area contributed by atoms with Crippen molar-refractivity contribution in [2.45, 2.75) is 46.0 Å². The van der Waals surface area contributed by atoms with Gasteiger partial charge in [0.1, 0.15) is 6.61 Å². The second kappa shape index (κ2) is 13.5. The SMILES string of the molecule is CCCCCOCCOCCOC(=O)CCC. The molecule has 0 heterocycles. The molecule has 0 spiro atoms. The first-order chi connectivity index (χ1) is 8.31. The van der Waals surface area contributed by atoms with Gasteiger partial charge in [-0.2, -0.15) is 0 Å². The normalized spacial score (nSPS) is 10.5. The number of carbonyl (C=O) groups excluding carboxylic acids is 1. The third kappa shape index (κ3) is 13.3. The zero-order valence-electron chi connectivity index (χ0n) is 11.2. The predicted molar refractivity (Wildman–Crippen MR) is 67.0 cm³/mol. The van der Waals surface area contributed by atoms with Gasteiger partial charge in [-0.15, -0.1) is 0 Å². The van der Waals surface area contributed by atoms with E-state index >= 15 is 0 Å². The predicted octanol–water partition coefficient (Wildman–Crippen LogP) is 2.55. The molecule has 0 aromatic heterocycles. The van der Waals surface area contributed by atoms with Crippen LogP contribution in [0.3, 0.4) is 0 Å². The van der Waals surface area contributed by atoms with Crippen LogP contribution in [0.5, 0.6) is 0 Å². The third-order valence-electron chi connectivity index (χ3n) is 2.21. The fraction of sp³-hybridized carbons (Fsp3) is 0.923. The topological polar surface area (TPSA) is 44.8 Å². The standard InChI is InChI=1S/C13H26O4/c1-3-5-6-8-15-9-10-16-11-12-17-13(14)7-4-2/h3-12H2,1-2H3. The van der Waals surface area contributed by atoms with Gasteiger partial charge < -0.3 is 14.2 Å². The molecular weight excluding hydrogens is 220 g/mol. The molecule has 0 rings (SSSR count). The van der Waals surface area contributed by atoms with E-state index in [9.17, 15) is 4.79 Å². The summed E-state index contributed by atoms with van der Waals surface area (Å²) in [4.78, 5) is 11.0. The minimum Gasteiger partial charge on any atom is -0.463 e. The lowest BCUT2D eigenvalue weighted by molar-refractivity contribution is -0.145. The molecule has 0 unspecified atom stereocenters. The first kappa shape index (κ1) is 16.4. The highest BCUT2D eigenvalue weighted by molar-refractivity contribution is 5.69. The van der Waals surface area contributed by atoms with Gasteiger partial charge in [0.05, 0.1) is 19.8 Å². The Morgan fingerprint density at radius 1 is 0.824 bits per heavy atom. The van der Waals surface area contributed by atoms with Crippen LogP contribution < -0.4 is 0 Å². The lowest BCUT2D eigenvalue weighted by atomic mass is 10.3. The maximum atomic E-state index is 11.0. The van der Waals surface area contributed by atoms with Crippen LogP contribution in [-0.2, 0) is 19.0 Å². The van der Waals surface area contributed by atoms with Crippen molar-refractivity contribution in [1.29, 1.82) is 0 Å². The van der Waals surface area contributed by atoms with Gasteiger partial charge in [0, 0.05) is 13.0 Å². The molecular formula is C13H26O4. The highest BCUT2D eigenvalue weighted by Crippen LogP contribution is 1.94. The number of hydrogen-bond acceptors (Lipinski definition) is 4. The molecule has 4 heteroatoms. The second-order valence-electron chi connectivity index (χ2n) is 3.90. The second-order valence-corrected chi connectivity index (χ2v) is 3.90. The van der Waals surface area contributed by atoms with Crippen LogP contribution in [0.2, 0.25) is 0 Å². The summed E-state index contributed by atoms with van der Waals surface area (Å²) >= 11 is 0. The van der Waals surface area contributed by atoms with E-state index in [0.29, 0.717) is 32.8 Å². The summed E-state index contributed by atoms with van der Waals surface area (Å²) in [5, 5.41) is 0. The zero-order chi connectivity index (χ0) is 12.8. The molecule has 0 fully saturated rings. The molecule has 0 atom stereocenters. The van der Waals surface area contributed by atoms with Gasteiger partial charge in [0.15, 0.2) is 0 Å². The van der Waals surface area contributed by atoms with E-state index < -0.39 is 0 Å². The minimum absolute atomic E-state index is 0.146. The first-order valence-corrected chi connectivity index (χ1v) is 6.62. The Morgan fingerprint density at radius 3 is 2.12 bits per heavy atom. The number of rotatable bonds is 12. The molecule has 17 heavy (non-hydrogen) atoms. The van der Waals surface area contributed by atoms with Crippen molar-refractivity contribution >= 4 is 5.97 Å². The van der Waals surface area contributed by atoms with Crippen LogP contribution in [0.1, 0.15) is 46.0 Å². The van der Waals surface area contributed by atoms with Crippen molar-refractivity contribution in [1.82, 2.24) is 0 Å². The zero-order valence-corrected chi connectivity index (χ0v) is 11.2. The van der Waals surface area contributed by atoms with Crippen LogP contribution in [0.15, 0.2) is 0 Å². The van der Waals surface area contributed by atoms with Crippen LogP contribution in [0.25, 0.3) is 0 Å². The molecule has 0 aromatic carbocycles.